The van der Waals surface area contributed by atoms with Gasteiger partial charge in [0.1, 0.15) is 5.82 Å². The summed E-state index contributed by atoms with van der Waals surface area (Å²) < 4.78 is 5.33. The van der Waals surface area contributed by atoms with Gasteiger partial charge in [0.25, 0.3) is 5.91 Å². The van der Waals surface area contributed by atoms with Crippen LogP contribution >= 0.6 is 0 Å². The van der Waals surface area contributed by atoms with E-state index in [4.69, 9.17) is 4.74 Å². The molecule has 0 radical (unpaired) electrons. The quantitative estimate of drug-likeness (QED) is 0.879. The molecule has 19 heavy (non-hydrogen) atoms. The van der Waals surface area contributed by atoms with Gasteiger partial charge in [0.2, 0.25) is 0 Å². The van der Waals surface area contributed by atoms with Crippen LogP contribution in [0, 0.1) is 0 Å². The van der Waals surface area contributed by atoms with Crippen LogP contribution in [0.4, 0.5) is 5.82 Å². The smallest absolute Gasteiger partial charge is 0.257 e. The molecule has 2 rings (SSSR count). The highest BCUT2D eigenvalue weighted by Gasteiger charge is 2.26. The summed E-state index contributed by atoms with van der Waals surface area (Å²) in [5.41, 5.74) is 0.630. The average molecular weight is 263 g/mol. The number of carbonyl (C=O) groups excluding carboxylic acids is 1. The molecule has 1 aliphatic rings. The van der Waals surface area contributed by atoms with Crippen molar-refractivity contribution in [1.82, 2.24) is 9.88 Å². The summed E-state index contributed by atoms with van der Waals surface area (Å²) in [6.45, 7) is 4.25. The van der Waals surface area contributed by atoms with Crippen LogP contribution in [0.2, 0.25) is 0 Å². The number of nitrogens with zero attached hydrogens (tertiary/aromatic N) is 2. The molecule has 1 atom stereocenters. The number of hydrogen-bond donors (Lipinski definition) is 1. The van der Waals surface area contributed by atoms with Crippen molar-refractivity contribution in [2.45, 2.75) is 25.8 Å². The van der Waals surface area contributed by atoms with Crippen molar-refractivity contribution in [3.8, 4) is 0 Å². The lowest BCUT2D eigenvalue weighted by atomic mass is 10.1. The lowest BCUT2D eigenvalue weighted by molar-refractivity contribution is 0.0712. The van der Waals surface area contributed by atoms with Crippen molar-refractivity contribution < 1.29 is 9.53 Å². The van der Waals surface area contributed by atoms with Gasteiger partial charge in [0.15, 0.2) is 0 Å². The summed E-state index contributed by atoms with van der Waals surface area (Å²) in [7, 11) is 1.83. The maximum atomic E-state index is 12.5. The molecule has 2 heterocycles. The molecule has 0 aromatic carbocycles. The first-order valence-corrected chi connectivity index (χ1v) is 6.77. The van der Waals surface area contributed by atoms with Gasteiger partial charge in [0.05, 0.1) is 18.2 Å². The Morgan fingerprint density at radius 1 is 1.63 bits per heavy atom. The van der Waals surface area contributed by atoms with Crippen molar-refractivity contribution in [2.24, 2.45) is 0 Å². The number of anilines is 1. The Hall–Kier alpha value is -1.62. The third-order valence-corrected chi connectivity index (χ3v) is 3.35. The molecule has 0 bridgehead atoms. The minimum Gasteiger partial charge on any atom is -0.379 e. The second-order valence-electron chi connectivity index (χ2n) is 4.76. The zero-order valence-corrected chi connectivity index (χ0v) is 11.6. The maximum Gasteiger partial charge on any atom is 0.257 e. The SMILES string of the molecule is CCCNc1ncccc1C(=O)N(C)C1CCOC1. The molecule has 0 spiro atoms. The predicted octanol–water partition coefficient (Wildman–Crippen LogP) is 1.76. The van der Waals surface area contributed by atoms with E-state index in [1.807, 2.05) is 13.1 Å². The van der Waals surface area contributed by atoms with E-state index in [2.05, 4.69) is 17.2 Å². The van der Waals surface area contributed by atoms with Crippen molar-refractivity contribution >= 4 is 11.7 Å². The molecule has 1 N–H and O–H groups in total. The van der Waals surface area contributed by atoms with Crippen molar-refractivity contribution in [3.63, 3.8) is 0 Å². The highest BCUT2D eigenvalue weighted by Crippen LogP contribution is 2.18. The van der Waals surface area contributed by atoms with Crippen LogP contribution in [-0.4, -0.2) is 48.6 Å². The Kier molecular flexibility index (Phi) is 4.74. The average Bonchev–Trinajstić information content (AvgIpc) is 2.98. The van der Waals surface area contributed by atoms with Gasteiger partial charge in [-0.2, -0.15) is 0 Å². The lowest BCUT2D eigenvalue weighted by Gasteiger charge is -2.24. The van der Waals surface area contributed by atoms with E-state index in [1.54, 1.807) is 17.2 Å². The Bertz CT molecular complexity index is 430. The molecule has 1 saturated heterocycles. The number of ether oxygens (including phenoxy) is 1. The van der Waals surface area contributed by atoms with Crippen LogP contribution in [0.3, 0.4) is 0 Å². The van der Waals surface area contributed by atoms with Crippen LogP contribution in [0.1, 0.15) is 30.1 Å². The number of amides is 1. The molecule has 5 heteroatoms. The van der Waals surface area contributed by atoms with Gasteiger partial charge >= 0.3 is 0 Å². The molecular weight excluding hydrogens is 242 g/mol. The molecule has 5 nitrogen and oxygen atoms in total. The summed E-state index contributed by atoms with van der Waals surface area (Å²) in [5.74, 6) is 0.669. The number of likely N-dealkylation sites (N-methyl/N-ethyl adjacent to an activating group) is 1. The predicted molar refractivity (Wildman–Crippen MR) is 74.3 cm³/mol. The third-order valence-electron chi connectivity index (χ3n) is 3.35. The van der Waals surface area contributed by atoms with E-state index in [1.165, 1.54) is 0 Å². The van der Waals surface area contributed by atoms with E-state index >= 15 is 0 Å². The first-order chi connectivity index (χ1) is 9.24. The fourth-order valence-corrected chi connectivity index (χ4v) is 2.15. The van der Waals surface area contributed by atoms with E-state index in [-0.39, 0.29) is 11.9 Å². The van der Waals surface area contributed by atoms with E-state index in [0.717, 1.165) is 26.0 Å². The monoisotopic (exact) mass is 263 g/mol. The summed E-state index contributed by atoms with van der Waals surface area (Å²) in [6.07, 6.45) is 3.60. The number of aromatic nitrogens is 1. The lowest BCUT2D eigenvalue weighted by Crippen LogP contribution is -2.37. The summed E-state index contributed by atoms with van der Waals surface area (Å²) in [4.78, 5) is 18.5. The molecular formula is C14H21N3O2. The molecule has 0 aliphatic carbocycles. The second-order valence-corrected chi connectivity index (χ2v) is 4.76. The highest BCUT2D eigenvalue weighted by molar-refractivity contribution is 5.98. The van der Waals surface area contributed by atoms with Crippen molar-refractivity contribution in [3.05, 3.63) is 23.9 Å². The van der Waals surface area contributed by atoms with Gasteiger partial charge < -0.3 is 15.0 Å². The first-order valence-electron chi connectivity index (χ1n) is 6.77. The molecule has 1 aromatic heterocycles. The molecule has 0 saturated carbocycles. The highest BCUT2D eigenvalue weighted by atomic mass is 16.5. The van der Waals surface area contributed by atoms with Crippen LogP contribution in [0.5, 0.6) is 0 Å². The largest absolute Gasteiger partial charge is 0.379 e. The Labute approximate surface area is 114 Å². The normalized spacial score (nSPS) is 18.3. The third kappa shape index (κ3) is 3.23. The van der Waals surface area contributed by atoms with Gasteiger partial charge in [-0.15, -0.1) is 0 Å². The number of rotatable bonds is 5. The second kappa shape index (κ2) is 6.52. The molecule has 1 unspecified atom stereocenters. The Morgan fingerprint density at radius 2 is 2.47 bits per heavy atom. The number of hydrogen-bond acceptors (Lipinski definition) is 4. The topological polar surface area (TPSA) is 54.5 Å². The zero-order chi connectivity index (χ0) is 13.7. The van der Waals surface area contributed by atoms with Gasteiger partial charge in [-0.25, -0.2) is 4.98 Å². The minimum atomic E-state index is 0.00204. The van der Waals surface area contributed by atoms with E-state index in [9.17, 15) is 4.79 Å². The van der Waals surface area contributed by atoms with Crippen LogP contribution in [0.25, 0.3) is 0 Å². The fraction of sp³-hybridized carbons (Fsp3) is 0.571. The Balaban J connectivity index is 2.13. The van der Waals surface area contributed by atoms with E-state index in [0.29, 0.717) is 18.0 Å². The van der Waals surface area contributed by atoms with Crippen LogP contribution < -0.4 is 5.32 Å². The van der Waals surface area contributed by atoms with Crippen molar-refractivity contribution in [1.29, 1.82) is 0 Å². The fourth-order valence-electron chi connectivity index (χ4n) is 2.15. The standard InChI is InChI=1S/C14H21N3O2/c1-3-7-15-13-12(5-4-8-16-13)14(18)17(2)11-6-9-19-10-11/h4-5,8,11H,3,6-7,9-10H2,1-2H3,(H,15,16). The summed E-state index contributed by atoms with van der Waals surface area (Å²) in [6, 6.07) is 3.79. The van der Waals surface area contributed by atoms with Gasteiger partial charge in [-0.05, 0) is 25.0 Å². The zero-order valence-electron chi connectivity index (χ0n) is 11.6. The first kappa shape index (κ1) is 13.8. The van der Waals surface area contributed by atoms with Crippen molar-refractivity contribution in [2.75, 3.05) is 32.1 Å². The van der Waals surface area contributed by atoms with Crippen LogP contribution in [-0.2, 0) is 4.74 Å². The van der Waals surface area contributed by atoms with Crippen LogP contribution in [0.15, 0.2) is 18.3 Å². The molecule has 1 aliphatic heterocycles. The van der Waals surface area contributed by atoms with Gasteiger partial charge in [-0.3, -0.25) is 4.79 Å². The minimum absolute atomic E-state index is 0.00204. The number of nitrogens with one attached hydrogen (secondary N) is 1. The molecule has 1 amide bonds. The molecule has 1 aromatic rings. The molecule has 104 valence electrons. The van der Waals surface area contributed by atoms with Gasteiger partial charge in [-0.1, -0.05) is 6.92 Å². The summed E-state index contributed by atoms with van der Waals surface area (Å²) >= 11 is 0. The van der Waals surface area contributed by atoms with E-state index < -0.39 is 0 Å². The molecule has 1 fully saturated rings. The van der Waals surface area contributed by atoms with Gasteiger partial charge in [0, 0.05) is 26.4 Å². The number of carbonyl (C=O) groups is 1. The summed E-state index contributed by atoms with van der Waals surface area (Å²) in [5, 5.41) is 3.20. The Morgan fingerprint density at radius 3 is 3.16 bits per heavy atom. The maximum absolute atomic E-state index is 12.5. The number of pyridine rings is 1.